The van der Waals surface area contributed by atoms with Crippen LogP contribution in [0.1, 0.15) is 85.0 Å². The lowest BCUT2D eigenvalue weighted by Crippen LogP contribution is -2.51. The van der Waals surface area contributed by atoms with E-state index in [2.05, 4.69) is 26.8 Å². The van der Waals surface area contributed by atoms with Gasteiger partial charge in [0.25, 0.3) is 0 Å². The molecule has 0 heterocycles. The Morgan fingerprint density at radius 1 is 1.09 bits per heavy atom. The van der Waals surface area contributed by atoms with E-state index in [1.54, 1.807) is 0 Å². The highest BCUT2D eigenvalue weighted by atomic mass is 16.5. The van der Waals surface area contributed by atoms with Crippen LogP contribution in [0.25, 0.3) is 0 Å². The first-order valence-corrected chi connectivity index (χ1v) is 13.0. The topological polar surface area (TPSA) is 93.1 Å². The fraction of sp³-hybridized carbons (Fsp3) is 0.852. The Morgan fingerprint density at radius 2 is 1.85 bits per heavy atom. The van der Waals surface area contributed by atoms with Crippen LogP contribution in [0.15, 0.2) is 11.6 Å². The minimum absolute atomic E-state index is 0.0256. The fourth-order valence-electron chi connectivity index (χ4n) is 7.84. The van der Waals surface area contributed by atoms with Gasteiger partial charge in [0.05, 0.1) is 19.4 Å². The largest absolute Gasteiger partial charge is 0.463 e. The second kappa shape index (κ2) is 9.69. The number of aliphatic hydroxyl groups is 2. The van der Waals surface area contributed by atoms with Gasteiger partial charge >= 0.3 is 11.9 Å². The number of carbonyl (C=O) groups excluding carboxylic acids is 2. The van der Waals surface area contributed by atoms with Gasteiger partial charge in [-0.15, -0.1) is 0 Å². The second-order valence-corrected chi connectivity index (χ2v) is 11.7. The van der Waals surface area contributed by atoms with Crippen LogP contribution in [0, 0.1) is 34.5 Å². The molecule has 0 aromatic carbocycles. The van der Waals surface area contributed by atoms with Gasteiger partial charge in [-0.25, -0.2) is 0 Å². The predicted molar refractivity (Wildman–Crippen MR) is 124 cm³/mol. The van der Waals surface area contributed by atoms with E-state index in [0.29, 0.717) is 11.3 Å². The number of allylic oxidation sites excluding steroid dienone is 1. The molecule has 2 N–H and O–H groups in total. The molecule has 33 heavy (non-hydrogen) atoms. The van der Waals surface area contributed by atoms with Gasteiger partial charge in [0.15, 0.2) is 0 Å². The van der Waals surface area contributed by atoms with E-state index in [4.69, 9.17) is 14.6 Å². The number of hydrogen-bond donors (Lipinski definition) is 2. The molecule has 4 aliphatic rings. The van der Waals surface area contributed by atoms with E-state index in [1.165, 1.54) is 37.7 Å². The third kappa shape index (κ3) is 4.88. The molecular formula is C27H42O6. The van der Waals surface area contributed by atoms with Crippen LogP contribution in [0.5, 0.6) is 0 Å². The van der Waals surface area contributed by atoms with Crippen molar-refractivity contribution in [2.45, 2.75) is 97.2 Å². The van der Waals surface area contributed by atoms with E-state index >= 15 is 0 Å². The van der Waals surface area contributed by atoms with Crippen molar-refractivity contribution < 1.29 is 29.3 Å². The summed E-state index contributed by atoms with van der Waals surface area (Å²) < 4.78 is 10.6. The average molecular weight is 463 g/mol. The molecule has 8 atom stereocenters. The first-order valence-electron chi connectivity index (χ1n) is 13.0. The fourth-order valence-corrected chi connectivity index (χ4v) is 7.84. The number of aliphatic hydroxyl groups excluding tert-OH is 2. The summed E-state index contributed by atoms with van der Waals surface area (Å²) in [7, 11) is 0. The van der Waals surface area contributed by atoms with Crippen molar-refractivity contribution in [1.29, 1.82) is 0 Å². The zero-order valence-corrected chi connectivity index (χ0v) is 20.6. The van der Waals surface area contributed by atoms with Crippen molar-refractivity contribution in [2.75, 3.05) is 13.2 Å². The molecule has 4 unspecified atom stereocenters. The van der Waals surface area contributed by atoms with E-state index in [0.717, 1.165) is 37.0 Å². The lowest BCUT2D eigenvalue weighted by atomic mass is 9.46. The van der Waals surface area contributed by atoms with Gasteiger partial charge in [-0.1, -0.05) is 38.8 Å². The average Bonchev–Trinajstić information content (AvgIpc) is 3.18. The quantitative estimate of drug-likeness (QED) is 0.436. The van der Waals surface area contributed by atoms with Crippen molar-refractivity contribution in [3.8, 4) is 0 Å². The van der Waals surface area contributed by atoms with Crippen LogP contribution in [0.4, 0.5) is 0 Å². The summed E-state index contributed by atoms with van der Waals surface area (Å²) >= 11 is 0. The lowest BCUT2D eigenvalue weighted by molar-refractivity contribution is -0.156. The molecule has 4 rings (SSSR count). The first-order chi connectivity index (χ1) is 15.7. The Bertz CT molecular complexity index is 777. The molecule has 186 valence electrons. The second-order valence-electron chi connectivity index (χ2n) is 11.7. The van der Waals surface area contributed by atoms with Gasteiger partial charge in [-0.3, -0.25) is 9.59 Å². The zero-order valence-electron chi connectivity index (χ0n) is 20.6. The van der Waals surface area contributed by atoms with E-state index in [9.17, 15) is 14.7 Å². The lowest BCUT2D eigenvalue weighted by Gasteiger charge is -2.59. The number of carbonyl (C=O) groups is 2. The first kappa shape index (κ1) is 24.7. The summed E-state index contributed by atoms with van der Waals surface area (Å²) in [5.41, 5.74) is 2.25. The Morgan fingerprint density at radius 3 is 2.61 bits per heavy atom. The standard InChI is InChI=1S/C27H42O6/c1-17-13-18-14-20(33-24(31)7-6-23(30)32-16-19(29)15-28)8-12-27(18,3)22-9-11-26(2)10-4-5-21(26)25(17)22/h13,17,19-22,25,28-29H,4-12,14-16H2,1-3H3/t17-,19?,20+,21?,22?,25?,26+,27+/m1/s1. The number of fused-ring (bicyclic) bond motifs is 5. The van der Waals surface area contributed by atoms with Gasteiger partial charge in [0.2, 0.25) is 0 Å². The molecule has 6 heteroatoms. The maximum atomic E-state index is 12.4. The van der Waals surface area contributed by atoms with Crippen molar-refractivity contribution in [1.82, 2.24) is 0 Å². The molecule has 0 aromatic rings. The maximum absolute atomic E-state index is 12.4. The van der Waals surface area contributed by atoms with Crippen molar-refractivity contribution >= 4 is 11.9 Å². The molecule has 0 saturated heterocycles. The number of esters is 2. The van der Waals surface area contributed by atoms with Crippen LogP contribution in [-0.4, -0.2) is 47.6 Å². The van der Waals surface area contributed by atoms with E-state index in [1.807, 2.05) is 0 Å². The highest BCUT2D eigenvalue weighted by Crippen LogP contribution is 2.66. The monoisotopic (exact) mass is 462 g/mol. The molecule has 4 aliphatic carbocycles. The highest BCUT2D eigenvalue weighted by Gasteiger charge is 2.57. The number of ether oxygens (including phenoxy) is 2. The van der Waals surface area contributed by atoms with Crippen molar-refractivity contribution in [3.63, 3.8) is 0 Å². The molecular weight excluding hydrogens is 420 g/mol. The summed E-state index contributed by atoms with van der Waals surface area (Å²) in [5.74, 6) is 2.03. The number of rotatable bonds is 7. The van der Waals surface area contributed by atoms with Crippen LogP contribution in [-0.2, 0) is 19.1 Å². The van der Waals surface area contributed by atoms with Crippen LogP contribution in [0.3, 0.4) is 0 Å². The maximum Gasteiger partial charge on any atom is 0.306 e. The number of hydrogen-bond acceptors (Lipinski definition) is 6. The third-order valence-corrected chi connectivity index (χ3v) is 9.65. The molecule has 0 spiro atoms. The third-order valence-electron chi connectivity index (χ3n) is 9.65. The van der Waals surface area contributed by atoms with Gasteiger partial charge in [0, 0.05) is 6.42 Å². The SMILES string of the molecule is C[C@@H]1C=C2C[C@@H](OC(=O)CCC(=O)OCC(O)CO)CC[C@]2(C)C2CC[C@]3(C)CCCC3C21. The Labute approximate surface area is 198 Å². The molecule has 0 amide bonds. The van der Waals surface area contributed by atoms with Gasteiger partial charge in [-0.05, 0) is 73.0 Å². The van der Waals surface area contributed by atoms with E-state index in [-0.39, 0.29) is 36.9 Å². The summed E-state index contributed by atoms with van der Waals surface area (Å²) in [6, 6.07) is 0. The smallest absolute Gasteiger partial charge is 0.306 e. The van der Waals surface area contributed by atoms with Crippen LogP contribution < -0.4 is 0 Å². The molecule has 0 aromatic heterocycles. The zero-order chi connectivity index (χ0) is 23.8. The Balaban J connectivity index is 1.33. The van der Waals surface area contributed by atoms with E-state index < -0.39 is 18.7 Å². The van der Waals surface area contributed by atoms with Crippen LogP contribution in [0.2, 0.25) is 0 Å². The minimum atomic E-state index is -1.09. The molecule has 3 saturated carbocycles. The van der Waals surface area contributed by atoms with Gasteiger partial charge in [0.1, 0.15) is 18.8 Å². The van der Waals surface area contributed by atoms with Gasteiger partial charge in [-0.2, -0.15) is 0 Å². The molecule has 3 fully saturated rings. The van der Waals surface area contributed by atoms with Gasteiger partial charge < -0.3 is 19.7 Å². The van der Waals surface area contributed by atoms with Crippen molar-refractivity contribution in [3.05, 3.63) is 11.6 Å². The Hall–Kier alpha value is -1.40. The summed E-state index contributed by atoms with van der Waals surface area (Å²) in [6.07, 6.45) is 10.8. The highest BCUT2D eigenvalue weighted by molar-refractivity contribution is 5.77. The normalized spacial score (nSPS) is 40.6. The summed E-state index contributed by atoms with van der Waals surface area (Å²) in [6.45, 7) is 6.68. The van der Waals surface area contributed by atoms with Crippen LogP contribution >= 0.6 is 0 Å². The van der Waals surface area contributed by atoms with Crippen molar-refractivity contribution in [2.24, 2.45) is 34.5 Å². The predicted octanol–water partition coefficient (Wildman–Crippen LogP) is 4.17. The molecule has 0 radical (unpaired) electrons. The minimum Gasteiger partial charge on any atom is -0.463 e. The summed E-state index contributed by atoms with van der Waals surface area (Å²) in [5, 5.41) is 18.0. The molecule has 0 bridgehead atoms. The molecule has 6 nitrogen and oxygen atoms in total. The molecule has 0 aliphatic heterocycles. The summed E-state index contributed by atoms with van der Waals surface area (Å²) in [4.78, 5) is 24.1. The Kier molecular flexibility index (Phi) is 7.26.